The van der Waals surface area contributed by atoms with Crippen LogP contribution < -0.4 is 11.1 Å². The Bertz CT molecular complexity index is 501. The van der Waals surface area contributed by atoms with E-state index in [1.807, 2.05) is 6.92 Å². The second kappa shape index (κ2) is 3.62. The first-order valence-electron chi connectivity index (χ1n) is 5.09. The highest BCUT2D eigenvalue weighted by Crippen LogP contribution is 2.27. The number of rotatable bonds is 2. The number of hydrogen-bond donors (Lipinski definition) is 2. The Balaban J connectivity index is 2.16. The minimum atomic E-state index is -2.89. The molecule has 0 spiro atoms. The molecule has 88 valence electrons. The number of sulfone groups is 1. The topological polar surface area (TPSA) is 85.1 Å². The highest BCUT2D eigenvalue weighted by Gasteiger charge is 2.38. The van der Waals surface area contributed by atoms with Crippen molar-refractivity contribution in [1.29, 1.82) is 0 Å². The van der Waals surface area contributed by atoms with Crippen LogP contribution in [0.3, 0.4) is 0 Å². The molecule has 1 fully saturated rings. The molecule has 1 aliphatic heterocycles. The molecule has 1 atom stereocenters. The van der Waals surface area contributed by atoms with Crippen LogP contribution in [0.15, 0.2) is 18.3 Å². The summed E-state index contributed by atoms with van der Waals surface area (Å²) < 4.78 is 22.9. The number of pyridine rings is 1. The highest BCUT2D eigenvalue weighted by atomic mass is 32.2. The van der Waals surface area contributed by atoms with Crippen molar-refractivity contribution in [2.45, 2.75) is 18.9 Å². The van der Waals surface area contributed by atoms with Crippen LogP contribution in [0.5, 0.6) is 0 Å². The van der Waals surface area contributed by atoms with Crippen LogP contribution in [0.25, 0.3) is 0 Å². The molecule has 1 aliphatic rings. The monoisotopic (exact) mass is 241 g/mol. The van der Waals surface area contributed by atoms with Crippen molar-refractivity contribution < 1.29 is 8.42 Å². The summed E-state index contributed by atoms with van der Waals surface area (Å²) in [7, 11) is -2.89. The first kappa shape index (κ1) is 11.2. The van der Waals surface area contributed by atoms with E-state index in [4.69, 9.17) is 5.73 Å². The number of nitrogen functional groups attached to an aromatic ring is 1. The van der Waals surface area contributed by atoms with E-state index in [2.05, 4.69) is 10.3 Å². The summed E-state index contributed by atoms with van der Waals surface area (Å²) in [5.41, 5.74) is 5.98. The van der Waals surface area contributed by atoms with Crippen LogP contribution in [-0.4, -0.2) is 30.4 Å². The predicted molar refractivity (Wildman–Crippen MR) is 63.9 cm³/mol. The smallest absolute Gasteiger partial charge is 0.152 e. The van der Waals surface area contributed by atoms with Crippen molar-refractivity contribution in [3.05, 3.63) is 18.3 Å². The summed E-state index contributed by atoms with van der Waals surface area (Å²) in [6.45, 7) is 1.91. The molecule has 16 heavy (non-hydrogen) atoms. The van der Waals surface area contributed by atoms with Crippen molar-refractivity contribution >= 4 is 21.3 Å². The third-order valence-electron chi connectivity index (χ3n) is 2.73. The highest BCUT2D eigenvalue weighted by molar-refractivity contribution is 7.91. The van der Waals surface area contributed by atoms with Crippen LogP contribution in [0, 0.1) is 0 Å². The van der Waals surface area contributed by atoms with E-state index >= 15 is 0 Å². The summed E-state index contributed by atoms with van der Waals surface area (Å²) in [5, 5.41) is 3.21. The average Bonchev–Trinajstić information content (AvgIpc) is 2.40. The molecule has 0 aliphatic carbocycles. The van der Waals surface area contributed by atoms with Gasteiger partial charge in [0.05, 0.1) is 11.5 Å². The van der Waals surface area contributed by atoms with Crippen LogP contribution in [-0.2, 0) is 9.84 Å². The Hall–Kier alpha value is -1.30. The lowest BCUT2D eigenvalue weighted by Gasteiger charge is -2.25. The predicted octanol–water partition coefficient (Wildman–Crippen LogP) is 0.653. The minimum Gasteiger partial charge on any atom is -0.384 e. The molecule has 2 rings (SSSR count). The molecule has 6 heteroatoms. The molecule has 0 bridgehead atoms. The van der Waals surface area contributed by atoms with Gasteiger partial charge in [0.25, 0.3) is 0 Å². The first-order valence-corrected chi connectivity index (χ1v) is 6.91. The van der Waals surface area contributed by atoms with Gasteiger partial charge in [-0.3, -0.25) is 0 Å². The Kier molecular flexibility index (Phi) is 2.53. The third-order valence-corrected chi connectivity index (χ3v) is 4.63. The SMILES string of the molecule is CC1(Nc2ccnc(N)c2)CCS(=O)(=O)C1. The van der Waals surface area contributed by atoms with Gasteiger partial charge < -0.3 is 11.1 Å². The standard InChI is InChI=1S/C10H15N3O2S/c1-10(3-5-16(14,15)7-10)13-8-2-4-12-9(11)6-8/h2,4,6H,3,5,7H2,1H3,(H3,11,12,13). The molecule has 0 aromatic carbocycles. The summed E-state index contributed by atoms with van der Waals surface area (Å²) in [6.07, 6.45) is 2.22. The summed E-state index contributed by atoms with van der Waals surface area (Å²) in [6, 6.07) is 3.49. The maximum absolute atomic E-state index is 11.4. The number of hydrogen-bond acceptors (Lipinski definition) is 5. The first-order chi connectivity index (χ1) is 7.39. The molecule has 0 saturated carbocycles. The Morgan fingerprint density at radius 3 is 2.88 bits per heavy atom. The van der Waals surface area contributed by atoms with Gasteiger partial charge >= 0.3 is 0 Å². The normalized spacial score (nSPS) is 27.8. The number of nitrogens with two attached hydrogens (primary N) is 1. The lowest BCUT2D eigenvalue weighted by Crippen LogP contribution is -2.35. The molecule has 0 amide bonds. The molecule has 2 heterocycles. The van der Waals surface area contributed by atoms with Crippen LogP contribution >= 0.6 is 0 Å². The zero-order valence-electron chi connectivity index (χ0n) is 9.10. The maximum Gasteiger partial charge on any atom is 0.152 e. The second-order valence-electron chi connectivity index (χ2n) is 4.50. The largest absolute Gasteiger partial charge is 0.384 e. The molecule has 1 saturated heterocycles. The van der Waals surface area contributed by atoms with Gasteiger partial charge in [0.2, 0.25) is 0 Å². The van der Waals surface area contributed by atoms with Crippen molar-refractivity contribution in [3.63, 3.8) is 0 Å². The van der Waals surface area contributed by atoms with Crippen LogP contribution in [0.4, 0.5) is 11.5 Å². The van der Waals surface area contributed by atoms with Crippen molar-refractivity contribution in [1.82, 2.24) is 4.98 Å². The van der Waals surface area contributed by atoms with Crippen LogP contribution in [0.1, 0.15) is 13.3 Å². The molecule has 1 aromatic heterocycles. The second-order valence-corrected chi connectivity index (χ2v) is 6.68. The van der Waals surface area contributed by atoms with E-state index < -0.39 is 15.4 Å². The fourth-order valence-electron chi connectivity index (χ4n) is 1.98. The van der Waals surface area contributed by atoms with Gasteiger partial charge in [-0.2, -0.15) is 0 Å². The molecular weight excluding hydrogens is 226 g/mol. The zero-order valence-corrected chi connectivity index (χ0v) is 9.92. The number of nitrogens with zero attached hydrogens (tertiary/aromatic N) is 1. The van der Waals surface area contributed by atoms with Gasteiger partial charge in [-0.25, -0.2) is 13.4 Å². The van der Waals surface area contributed by atoms with E-state index in [9.17, 15) is 8.42 Å². The molecule has 1 aromatic rings. The zero-order chi connectivity index (χ0) is 11.8. The Morgan fingerprint density at radius 1 is 1.56 bits per heavy atom. The average molecular weight is 241 g/mol. The van der Waals surface area contributed by atoms with E-state index in [-0.39, 0.29) is 11.5 Å². The maximum atomic E-state index is 11.4. The van der Waals surface area contributed by atoms with Gasteiger partial charge in [0, 0.05) is 23.5 Å². The minimum absolute atomic E-state index is 0.169. The van der Waals surface area contributed by atoms with E-state index in [1.54, 1.807) is 18.3 Å². The molecule has 1 unspecified atom stereocenters. The van der Waals surface area contributed by atoms with E-state index in [1.165, 1.54) is 0 Å². The number of nitrogens with one attached hydrogen (secondary N) is 1. The van der Waals surface area contributed by atoms with Gasteiger partial charge in [0.1, 0.15) is 5.82 Å². The van der Waals surface area contributed by atoms with Gasteiger partial charge in [-0.1, -0.05) is 0 Å². The summed E-state index contributed by atoms with van der Waals surface area (Å²) in [4.78, 5) is 3.89. The van der Waals surface area contributed by atoms with E-state index in [0.717, 1.165) is 5.69 Å². The van der Waals surface area contributed by atoms with E-state index in [0.29, 0.717) is 12.2 Å². The summed E-state index contributed by atoms with van der Waals surface area (Å²) >= 11 is 0. The number of aromatic nitrogens is 1. The quantitative estimate of drug-likeness (QED) is 0.794. The molecule has 3 N–H and O–H groups in total. The third kappa shape index (κ3) is 2.44. The fraction of sp³-hybridized carbons (Fsp3) is 0.500. The van der Waals surface area contributed by atoms with Gasteiger partial charge in [0.15, 0.2) is 9.84 Å². The fourth-order valence-corrected chi connectivity index (χ4v) is 4.08. The van der Waals surface area contributed by atoms with Gasteiger partial charge in [-0.15, -0.1) is 0 Å². The molecule has 0 radical (unpaired) electrons. The van der Waals surface area contributed by atoms with Crippen molar-refractivity contribution in [3.8, 4) is 0 Å². The molecule has 5 nitrogen and oxygen atoms in total. The Morgan fingerprint density at radius 2 is 2.31 bits per heavy atom. The van der Waals surface area contributed by atoms with Gasteiger partial charge in [-0.05, 0) is 19.4 Å². The summed E-state index contributed by atoms with van der Waals surface area (Å²) in [5.74, 6) is 0.841. The Labute approximate surface area is 95.0 Å². The van der Waals surface area contributed by atoms with Crippen LogP contribution in [0.2, 0.25) is 0 Å². The van der Waals surface area contributed by atoms with Crippen molar-refractivity contribution in [2.75, 3.05) is 22.6 Å². The lowest BCUT2D eigenvalue weighted by atomic mass is 10.0. The number of anilines is 2. The lowest BCUT2D eigenvalue weighted by molar-refractivity contribution is 0.574. The molecular formula is C10H15N3O2S. The van der Waals surface area contributed by atoms with Crippen molar-refractivity contribution in [2.24, 2.45) is 0 Å².